The Bertz CT molecular complexity index is 313. The zero-order chi connectivity index (χ0) is 11.5. The highest BCUT2D eigenvalue weighted by atomic mass is 16.3. The summed E-state index contributed by atoms with van der Waals surface area (Å²) in [6.45, 7) is 8.31. The van der Waals surface area contributed by atoms with E-state index < -0.39 is 5.60 Å². The van der Waals surface area contributed by atoms with Crippen molar-refractivity contribution < 1.29 is 5.11 Å². The summed E-state index contributed by atoms with van der Waals surface area (Å²) in [6.07, 6.45) is 1.83. The van der Waals surface area contributed by atoms with Gasteiger partial charge in [-0.05, 0) is 36.8 Å². The van der Waals surface area contributed by atoms with Gasteiger partial charge in [-0.3, -0.25) is 0 Å². The van der Waals surface area contributed by atoms with Gasteiger partial charge < -0.3 is 5.11 Å². The van der Waals surface area contributed by atoms with E-state index >= 15 is 0 Å². The Kier molecular flexibility index (Phi) is 3.92. The van der Waals surface area contributed by atoms with E-state index in [1.165, 1.54) is 5.56 Å². The Morgan fingerprint density at radius 1 is 1.33 bits per heavy atom. The van der Waals surface area contributed by atoms with Crippen LogP contribution in [0.1, 0.15) is 45.2 Å². The van der Waals surface area contributed by atoms with Gasteiger partial charge in [0.25, 0.3) is 0 Å². The molecule has 0 aromatic heterocycles. The maximum Gasteiger partial charge on any atom is 0.0866 e. The Hall–Kier alpha value is -0.820. The first-order valence-corrected chi connectivity index (χ1v) is 5.77. The molecule has 1 unspecified atom stereocenters. The van der Waals surface area contributed by atoms with Crippen LogP contribution < -0.4 is 0 Å². The molecule has 15 heavy (non-hydrogen) atoms. The number of rotatable bonds is 4. The fourth-order valence-electron chi connectivity index (χ4n) is 1.71. The molecule has 1 nitrogen and oxygen atoms in total. The van der Waals surface area contributed by atoms with Crippen LogP contribution in [0.25, 0.3) is 0 Å². The molecule has 0 aliphatic heterocycles. The summed E-state index contributed by atoms with van der Waals surface area (Å²) in [4.78, 5) is 0. The van der Waals surface area contributed by atoms with Crippen molar-refractivity contribution in [1.29, 1.82) is 0 Å². The molecule has 1 N–H and O–H groups in total. The van der Waals surface area contributed by atoms with E-state index in [1.54, 1.807) is 0 Å². The molecule has 0 bridgehead atoms. The van der Waals surface area contributed by atoms with Crippen molar-refractivity contribution in [2.75, 3.05) is 0 Å². The molecule has 1 atom stereocenters. The van der Waals surface area contributed by atoms with Gasteiger partial charge in [-0.25, -0.2) is 0 Å². The third kappa shape index (κ3) is 3.35. The van der Waals surface area contributed by atoms with Gasteiger partial charge in [-0.1, -0.05) is 45.0 Å². The second-order valence-electron chi connectivity index (χ2n) is 4.93. The molecule has 0 aliphatic rings. The summed E-state index contributed by atoms with van der Waals surface area (Å²) >= 11 is 0. The quantitative estimate of drug-likeness (QED) is 0.799. The third-order valence-electron chi connectivity index (χ3n) is 2.88. The molecule has 0 saturated carbocycles. The van der Waals surface area contributed by atoms with Gasteiger partial charge in [0.05, 0.1) is 5.60 Å². The standard InChI is InChI=1S/C14H22O/c1-5-14(4,15)13-8-6-7-12(10-13)9-11(2)3/h6-8,10-11,15H,5,9H2,1-4H3. The zero-order valence-corrected chi connectivity index (χ0v) is 10.2. The highest BCUT2D eigenvalue weighted by Crippen LogP contribution is 2.25. The van der Waals surface area contributed by atoms with Gasteiger partial charge in [0.2, 0.25) is 0 Å². The number of hydrogen-bond donors (Lipinski definition) is 1. The summed E-state index contributed by atoms with van der Waals surface area (Å²) in [5, 5.41) is 10.2. The van der Waals surface area contributed by atoms with Crippen LogP contribution in [-0.4, -0.2) is 5.11 Å². The molecule has 0 radical (unpaired) electrons. The van der Waals surface area contributed by atoms with Crippen molar-refractivity contribution in [2.45, 2.75) is 46.1 Å². The van der Waals surface area contributed by atoms with E-state index in [0.29, 0.717) is 5.92 Å². The van der Waals surface area contributed by atoms with Gasteiger partial charge in [-0.2, -0.15) is 0 Å². The van der Waals surface area contributed by atoms with Gasteiger partial charge in [0, 0.05) is 0 Å². The number of aliphatic hydroxyl groups is 1. The molecule has 0 heterocycles. The van der Waals surface area contributed by atoms with Crippen molar-refractivity contribution >= 4 is 0 Å². The van der Waals surface area contributed by atoms with Crippen LogP contribution in [0.15, 0.2) is 24.3 Å². The lowest BCUT2D eigenvalue weighted by atomic mass is 9.90. The van der Waals surface area contributed by atoms with Crippen molar-refractivity contribution in [3.8, 4) is 0 Å². The van der Waals surface area contributed by atoms with Crippen LogP contribution in [0.2, 0.25) is 0 Å². The maximum atomic E-state index is 10.2. The minimum absolute atomic E-state index is 0.659. The van der Waals surface area contributed by atoms with Gasteiger partial charge in [0.1, 0.15) is 0 Å². The first-order valence-electron chi connectivity index (χ1n) is 5.77. The van der Waals surface area contributed by atoms with E-state index in [0.717, 1.165) is 18.4 Å². The van der Waals surface area contributed by atoms with Crippen LogP contribution in [0, 0.1) is 5.92 Å². The molecule has 1 aromatic rings. The summed E-state index contributed by atoms with van der Waals surface area (Å²) in [5.41, 5.74) is 1.66. The van der Waals surface area contributed by atoms with Crippen LogP contribution in [0.4, 0.5) is 0 Å². The Morgan fingerprint density at radius 3 is 2.53 bits per heavy atom. The van der Waals surface area contributed by atoms with Gasteiger partial charge >= 0.3 is 0 Å². The predicted molar refractivity (Wildman–Crippen MR) is 64.8 cm³/mol. The van der Waals surface area contributed by atoms with E-state index in [-0.39, 0.29) is 0 Å². The van der Waals surface area contributed by atoms with Gasteiger partial charge in [0.15, 0.2) is 0 Å². The first kappa shape index (κ1) is 12.3. The monoisotopic (exact) mass is 206 g/mol. The van der Waals surface area contributed by atoms with E-state index in [4.69, 9.17) is 0 Å². The first-order chi connectivity index (χ1) is 6.95. The lowest BCUT2D eigenvalue weighted by molar-refractivity contribution is 0.0530. The molecule has 0 fully saturated rings. The van der Waals surface area contributed by atoms with Crippen LogP contribution >= 0.6 is 0 Å². The summed E-state index contributed by atoms with van der Waals surface area (Å²) in [5.74, 6) is 0.659. The average molecular weight is 206 g/mol. The average Bonchev–Trinajstić information content (AvgIpc) is 2.17. The van der Waals surface area contributed by atoms with Crippen molar-refractivity contribution in [1.82, 2.24) is 0 Å². The lowest BCUT2D eigenvalue weighted by Crippen LogP contribution is -2.19. The Labute approximate surface area is 93.1 Å². The van der Waals surface area contributed by atoms with Gasteiger partial charge in [-0.15, -0.1) is 0 Å². The zero-order valence-electron chi connectivity index (χ0n) is 10.2. The Balaban J connectivity index is 2.92. The van der Waals surface area contributed by atoms with E-state index in [2.05, 4.69) is 26.0 Å². The summed E-state index contributed by atoms with van der Waals surface area (Å²) in [6, 6.07) is 8.31. The number of hydrogen-bond acceptors (Lipinski definition) is 1. The molecule has 0 aliphatic carbocycles. The molecule has 84 valence electrons. The van der Waals surface area contributed by atoms with Crippen molar-refractivity contribution in [2.24, 2.45) is 5.92 Å². The molecule has 0 saturated heterocycles. The Morgan fingerprint density at radius 2 is 2.00 bits per heavy atom. The van der Waals surface area contributed by atoms with Crippen LogP contribution in [-0.2, 0) is 12.0 Å². The molecule has 1 heteroatoms. The third-order valence-corrected chi connectivity index (χ3v) is 2.88. The van der Waals surface area contributed by atoms with Crippen molar-refractivity contribution in [3.63, 3.8) is 0 Å². The number of benzene rings is 1. The minimum atomic E-state index is -0.688. The minimum Gasteiger partial charge on any atom is -0.385 e. The van der Waals surface area contributed by atoms with E-state index in [1.807, 2.05) is 26.0 Å². The normalized spacial score (nSPS) is 15.3. The smallest absolute Gasteiger partial charge is 0.0866 e. The highest BCUT2D eigenvalue weighted by Gasteiger charge is 2.20. The molecule has 0 amide bonds. The second kappa shape index (κ2) is 4.80. The lowest BCUT2D eigenvalue weighted by Gasteiger charge is -2.22. The van der Waals surface area contributed by atoms with E-state index in [9.17, 15) is 5.11 Å². The molecular formula is C14H22O. The molecular weight excluding hydrogens is 184 g/mol. The second-order valence-corrected chi connectivity index (χ2v) is 4.93. The largest absolute Gasteiger partial charge is 0.385 e. The molecule has 0 spiro atoms. The molecule has 1 rings (SSSR count). The van der Waals surface area contributed by atoms with Crippen LogP contribution in [0.3, 0.4) is 0 Å². The summed E-state index contributed by atoms with van der Waals surface area (Å²) < 4.78 is 0. The fraction of sp³-hybridized carbons (Fsp3) is 0.571. The predicted octanol–water partition coefficient (Wildman–Crippen LogP) is 3.50. The van der Waals surface area contributed by atoms with Crippen LogP contribution in [0.5, 0.6) is 0 Å². The van der Waals surface area contributed by atoms with Crippen molar-refractivity contribution in [3.05, 3.63) is 35.4 Å². The summed E-state index contributed by atoms with van der Waals surface area (Å²) in [7, 11) is 0. The fourth-order valence-corrected chi connectivity index (χ4v) is 1.71. The highest BCUT2D eigenvalue weighted by molar-refractivity contribution is 5.28. The topological polar surface area (TPSA) is 20.2 Å². The SMILES string of the molecule is CCC(C)(O)c1cccc(CC(C)C)c1. The maximum absolute atomic E-state index is 10.2. The molecule has 1 aromatic carbocycles.